The highest BCUT2D eigenvalue weighted by Gasteiger charge is 2.51. The SMILES string of the molecule is C[C@@H]1CN(CCCc2ccccc2)[C@H]2C[C@H](N(C)CC3CC3)C[C@]1(c1cccc(O)c1)C2. The number of aromatic hydroxyl groups is 1. The number of phenolic OH excluding ortho intramolecular Hbond substituents is 1. The number of aryl methyl sites for hydroxylation is 1. The molecule has 0 radical (unpaired) electrons. The van der Waals surface area contributed by atoms with Crippen LogP contribution in [0.4, 0.5) is 0 Å². The van der Waals surface area contributed by atoms with Crippen molar-refractivity contribution < 1.29 is 5.11 Å². The Morgan fingerprint density at radius 2 is 1.88 bits per heavy atom. The van der Waals surface area contributed by atoms with Crippen molar-refractivity contribution in [3.8, 4) is 5.75 Å². The second-order valence-electron chi connectivity index (χ2n) is 11.0. The maximum atomic E-state index is 10.3. The summed E-state index contributed by atoms with van der Waals surface area (Å²) < 4.78 is 0. The van der Waals surface area contributed by atoms with Crippen molar-refractivity contribution >= 4 is 0 Å². The van der Waals surface area contributed by atoms with Crippen LogP contribution in [0, 0.1) is 11.8 Å². The lowest BCUT2D eigenvalue weighted by molar-refractivity contribution is -0.0261. The summed E-state index contributed by atoms with van der Waals surface area (Å²) in [5.74, 6) is 1.94. The Kier molecular flexibility index (Phi) is 6.31. The molecular formula is C29H40N2O. The van der Waals surface area contributed by atoms with Crippen LogP contribution in [-0.4, -0.2) is 53.7 Å². The van der Waals surface area contributed by atoms with Gasteiger partial charge in [-0.1, -0.05) is 49.4 Å². The van der Waals surface area contributed by atoms with Crippen LogP contribution in [0.15, 0.2) is 54.6 Å². The van der Waals surface area contributed by atoms with Crippen molar-refractivity contribution in [2.45, 2.75) is 69.4 Å². The number of nitrogens with zero attached hydrogens (tertiary/aromatic N) is 2. The van der Waals surface area contributed by atoms with Crippen molar-refractivity contribution in [3.05, 3.63) is 65.7 Å². The Morgan fingerprint density at radius 1 is 1.06 bits per heavy atom. The maximum absolute atomic E-state index is 10.3. The second kappa shape index (κ2) is 9.19. The zero-order valence-electron chi connectivity index (χ0n) is 19.9. The largest absolute Gasteiger partial charge is 0.508 e. The third-order valence-electron chi connectivity index (χ3n) is 8.75. The monoisotopic (exact) mass is 432 g/mol. The van der Waals surface area contributed by atoms with Gasteiger partial charge in [-0.25, -0.2) is 0 Å². The fraction of sp³-hybridized carbons (Fsp3) is 0.586. The zero-order valence-corrected chi connectivity index (χ0v) is 19.9. The minimum absolute atomic E-state index is 0.181. The molecule has 3 heteroatoms. The number of likely N-dealkylation sites (tertiary alicyclic amines) is 1. The number of fused-ring (bicyclic) bond motifs is 2. The van der Waals surface area contributed by atoms with Gasteiger partial charge >= 0.3 is 0 Å². The lowest BCUT2D eigenvalue weighted by atomic mass is 9.57. The molecule has 32 heavy (non-hydrogen) atoms. The molecule has 1 saturated heterocycles. The van der Waals surface area contributed by atoms with Gasteiger partial charge in [0.2, 0.25) is 0 Å². The molecule has 0 unspecified atom stereocenters. The van der Waals surface area contributed by atoms with Crippen LogP contribution in [-0.2, 0) is 11.8 Å². The predicted octanol–water partition coefficient (Wildman–Crippen LogP) is 5.48. The number of hydrogen-bond acceptors (Lipinski definition) is 3. The lowest BCUT2D eigenvalue weighted by Crippen LogP contribution is -2.61. The highest BCUT2D eigenvalue weighted by atomic mass is 16.3. The Balaban J connectivity index is 1.35. The summed E-state index contributed by atoms with van der Waals surface area (Å²) in [6, 6.07) is 20.4. The molecule has 1 aliphatic heterocycles. The van der Waals surface area contributed by atoms with E-state index in [1.807, 2.05) is 12.1 Å². The molecule has 3 fully saturated rings. The van der Waals surface area contributed by atoms with Crippen LogP contribution in [0.2, 0.25) is 0 Å². The third-order valence-corrected chi connectivity index (χ3v) is 8.75. The van der Waals surface area contributed by atoms with Crippen LogP contribution >= 0.6 is 0 Å². The van der Waals surface area contributed by atoms with Gasteiger partial charge in [-0.2, -0.15) is 0 Å². The molecule has 3 nitrogen and oxygen atoms in total. The van der Waals surface area contributed by atoms with E-state index < -0.39 is 0 Å². The van der Waals surface area contributed by atoms with E-state index in [0.717, 1.165) is 5.92 Å². The molecule has 3 aliphatic rings. The number of piperidine rings is 1. The summed E-state index contributed by atoms with van der Waals surface area (Å²) in [6.07, 6.45) is 8.99. The first-order valence-corrected chi connectivity index (χ1v) is 12.8. The zero-order chi connectivity index (χ0) is 22.1. The molecular weight excluding hydrogens is 392 g/mol. The van der Waals surface area contributed by atoms with Crippen molar-refractivity contribution in [2.75, 3.05) is 26.7 Å². The number of rotatable bonds is 8. The Labute approximate surface area is 194 Å². The fourth-order valence-electron chi connectivity index (χ4n) is 6.69. The molecule has 2 saturated carbocycles. The highest BCUT2D eigenvalue weighted by Crippen LogP contribution is 2.51. The molecule has 4 atom stereocenters. The van der Waals surface area contributed by atoms with Crippen LogP contribution in [0.3, 0.4) is 0 Å². The van der Waals surface area contributed by atoms with Crippen molar-refractivity contribution in [1.82, 2.24) is 9.80 Å². The number of hydrogen-bond donors (Lipinski definition) is 1. The second-order valence-corrected chi connectivity index (χ2v) is 11.0. The first-order chi connectivity index (χ1) is 15.5. The van der Waals surface area contributed by atoms with E-state index in [0.29, 0.717) is 23.8 Å². The summed E-state index contributed by atoms with van der Waals surface area (Å²) in [5, 5.41) is 10.3. The molecule has 1 N–H and O–H groups in total. The summed E-state index contributed by atoms with van der Waals surface area (Å²) in [7, 11) is 2.37. The molecule has 2 aliphatic carbocycles. The van der Waals surface area contributed by atoms with Crippen molar-refractivity contribution in [3.63, 3.8) is 0 Å². The van der Waals surface area contributed by atoms with Crippen LogP contribution in [0.5, 0.6) is 5.75 Å². The fourth-order valence-corrected chi connectivity index (χ4v) is 6.69. The van der Waals surface area contributed by atoms with Gasteiger partial charge in [-0.05, 0) is 93.6 Å². The maximum Gasteiger partial charge on any atom is 0.115 e. The molecule has 2 aromatic rings. The lowest BCUT2D eigenvalue weighted by Gasteiger charge is -2.58. The Morgan fingerprint density at radius 3 is 2.62 bits per heavy atom. The Bertz CT molecular complexity index is 895. The molecule has 5 rings (SSSR count). The summed E-state index contributed by atoms with van der Waals surface area (Å²) in [6.45, 7) is 6.09. The van der Waals surface area contributed by atoms with E-state index in [1.165, 1.54) is 75.7 Å². The summed E-state index contributed by atoms with van der Waals surface area (Å²) in [4.78, 5) is 5.49. The van der Waals surface area contributed by atoms with Gasteiger partial charge < -0.3 is 10.0 Å². The molecule has 0 aromatic heterocycles. The minimum atomic E-state index is 0.181. The van der Waals surface area contributed by atoms with Gasteiger partial charge in [0.25, 0.3) is 0 Å². The van der Waals surface area contributed by atoms with Gasteiger partial charge in [-0.15, -0.1) is 0 Å². The van der Waals surface area contributed by atoms with Crippen molar-refractivity contribution in [2.24, 2.45) is 11.8 Å². The Hall–Kier alpha value is -1.84. The van der Waals surface area contributed by atoms with Gasteiger partial charge in [0.1, 0.15) is 5.75 Å². The van der Waals surface area contributed by atoms with E-state index in [-0.39, 0.29) is 5.41 Å². The normalized spacial score (nSPS) is 30.5. The molecule has 0 spiro atoms. The van der Waals surface area contributed by atoms with E-state index in [9.17, 15) is 5.11 Å². The first-order valence-electron chi connectivity index (χ1n) is 12.8. The van der Waals surface area contributed by atoms with Crippen LogP contribution in [0.1, 0.15) is 56.6 Å². The average molecular weight is 433 g/mol. The smallest absolute Gasteiger partial charge is 0.115 e. The summed E-state index contributed by atoms with van der Waals surface area (Å²) in [5.41, 5.74) is 3.00. The predicted molar refractivity (Wildman–Crippen MR) is 132 cm³/mol. The van der Waals surface area contributed by atoms with E-state index in [2.05, 4.69) is 66.2 Å². The molecule has 1 heterocycles. The van der Waals surface area contributed by atoms with Gasteiger partial charge in [0.15, 0.2) is 0 Å². The molecule has 0 amide bonds. The quantitative estimate of drug-likeness (QED) is 0.598. The number of phenols is 1. The van der Waals surface area contributed by atoms with E-state index >= 15 is 0 Å². The third kappa shape index (κ3) is 4.61. The van der Waals surface area contributed by atoms with Crippen molar-refractivity contribution in [1.29, 1.82) is 0 Å². The first kappa shape index (κ1) is 22.0. The van der Waals surface area contributed by atoms with Gasteiger partial charge in [0, 0.05) is 30.6 Å². The average Bonchev–Trinajstić information content (AvgIpc) is 3.62. The summed E-state index contributed by atoms with van der Waals surface area (Å²) >= 11 is 0. The molecule has 2 aromatic carbocycles. The number of benzene rings is 2. The van der Waals surface area contributed by atoms with E-state index in [1.54, 1.807) is 0 Å². The minimum Gasteiger partial charge on any atom is -0.508 e. The van der Waals surface area contributed by atoms with E-state index in [4.69, 9.17) is 0 Å². The van der Waals surface area contributed by atoms with Crippen LogP contribution in [0.25, 0.3) is 0 Å². The van der Waals surface area contributed by atoms with Gasteiger partial charge in [0.05, 0.1) is 0 Å². The highest BCUT2D eigenvalue weighted by molar-refractivity contribution is 5.36. The molecule has 2 bridgehead atoms. The standard InChI is InChI=1S/C29H40N2O/c1-22-20-31(15-7-10-23-8-4-3-5-9-23)27-17-26(30(2)21-24-13-14-24)18-29(22,19-27)25-11-6-12-28(32)16-25/h3-6,8-9,11-12,16,22,24,26-27,32H,7,10,13-15,17-21H2,1-2H3/t22-,26+,27+,29+/m1/s1. The van der Waals surface area contributed by atoms with Crippen LogP contribution < -0.4 is 0 Å². The van der Waals surface area contributed by atoms with Gasteiger partial charge in [-0.3, -0.25) is 4.90 Å². The topological polar surface area (TPSA) is 26.7 Å². The molecule has 172 valence electrons.